The van der Waals surface area contributed by atoms with Crippen LogP contribution in [-0.4, -0.2) is 28.2 Å². The Morgan fingerprint density at radius 3 is 2.81 bits per heavy atom. The van der Waals surface area contributed by atoms with Crippen LogP contribution in [0.15, 0.2) is 6.20 Å². The highest BCUT2D eigenvalue weighted by molar-refractivity contribution is 5.88. The van der Waals surface area contributed by atoms with E-state index in [9.17, 15) is 13.6 Å². The van der Waals surface area contributed by atoms with Gasteiger partial charge in [-0.3, -0.25) is 0 Å². The summed E-state index contributed by atoms with van der Waals surface area (Å²) in [5.74, 6) is -0.936. The lowest BCUT2D eigenvalue weighted by Gasteiger charge is -2.37. The topological polar surface area (TPSA) is 72.3 Å². The zero-order chi connectivity index (χ0) is 15.6. The molecule has 2 atom stereocenters. The fourth-order valence-corrected chi connectivity index (χ4v) is 2.93. The normalized spacial score (nSPS) is 26.0. The number of carbonyl (C=O) groups is 1. The Hall–Kier alpha value is -1.63. The standard InChI is InChI=1S/C14H18F2N2O3/c1-8-4-3-5-14(6-8,21-2)13-17-7-9(12(19)20)10(18-13)11(15)16/h7-8,11H,3-6H2,1-2H3,(H,19,20). The van der Waals surface area contributed by atoms with Gasteiger partial charge in [0.05, 0.1) is 0 Å². The van der Waals surface area contributed by atoms with Gasteiger partial charge in [-0.25, -0.2) is 23.5 Å². The number of alkyl halides is 2. The summed E-state index contributed by atoms with van der Waals surface area (Å²) in [4.78, 5) is 18.8. The average molecular weight is 300 g/mol. The lowest BCUT2D eigenvalue weighted by Crippen LogP contribution is -2.36. The minimum Gasteiger partial charge on any atom is -0.478 e. The number of rotatable bonds is 4. The highest BCUT2D eigenvalue weighted by atomic mass is 19.3. The second kappa shape index (κ2) is 6.01. The molecule has 1 N–H and O–H groups in total. The van der Waals surface area contributed by atoms with Crippen LogP contribution in [0.4, 0.5) is 8.78 Å². The van der Waals surface area contributed by atoms with Crippen molar-refractivity contribution in [3.8, 4) is 0 Å². The SMILES string of the molecule is COC1(c2ncc(C(=O)O)c(C(F)F)n2)CCCC(C)C1. The molecule has 1 aliphatic carbocycles. The van der Waals surface area contributed by atoms with Gasteiger partial charge in [-0.2, -0.15) is 0 Å². The van der Waals surface area contributed by atoms with Crippen molar-refractivity contribution in [2.24, 2.45) is 5.92 Å². The van der Waals surface area contributed by atoms with Crippen LogP contribution in [0.3, 0.4) is 0 Å². The molecule has 1 saturated carbocycles. The average Bonchev–Trinajstić information content (AvgIpc) is 2.46. The predicted octanol–water partition coefficient (Wildman–Crippen LogP) is 3.16. The molecule has 1 aromatic rings. The van der Waals surface area contributed by atoms with Crippen LogP contribution in [0.1, 0.15) is 60.9 Å². The monoisotopic (exact) mass is 300 g/mol. The maximum Gasteiger partial charge on any atom is 0.339 e. The van der Waals surface area contributed by atoms with E-state index in [-0.39, 0.29) is 5.82 Å². The second-order valence-electron chi connectivity index (χ2n) is 5.50. The van der Waals surface area contributed by atoms with E-state index < -0.39 is 29.3 Å². The van der Waals surface area contributed by atoms with Gasteiger partial charge < -0.3 is 9.84 Å². The predicted molar refractivity (Wildman–Crippen MR) is 70.3 cm³/mol. The maximum absolute atomic E-state index is 13.0. The lowest BCUT2D eigenvalue weighted by atomic mass is 9.78. The number of aromatic carboxylic acids is 1. The third kappa shape index (κ3) is 3.02. The number of ether oxygens (including phenoxy) is 1. The lowest BCUT2D eigenvalue weighted by molar-refractivity contribution is -0.0651. The number of halogens is 2. The Labute approximate surface area is 121 Å². The van der Waals surface area contributed by atoms with Crippen LogP contribution in [0.5, 0.6) is 0 Å². The number of nitrogens with zero attached hydrogens (tertiary/aromatic N) is 2. The number of hydrogen-bond acceptors (Lipinski definition) is 4. The van der Waals surface area contributed by atoms with Crippen LogP contribution < -0.4 is 0 Å². The van der Waals surface area contributed by atoms with Crippen LogP contribution in [-0.2, 0) is 10.3 Å². The van der Waals surface area contributed by atoms with Crippen molar-refractivity contribution in [2.45, 2.75) is 44.6 Å². The molecule has 0 aromatic carbocycles. The van der Waals surface area contributed by atoms with Crippen molar-refractivity contribution in [2.75, 3.05) is 7.11 Å². The molecule has 1 heterocycles. The van der Waals surface area contributed by atoms with E-state index in [0.29, 0.717) is 18.8 Å². The smallest absolute Gasteiger partial charge is 0.339 e. The molecule has 2 rings (SSSR count). The van der Waals surface area contributed by atoms with Crippen LogP contribution >= 0.6 is 0 Å². The van der Waals surface area contributed by atoms with Crippen LogP contribution in [0.2, 0.25) is 0 Å². The molecule has 0 saturated heterocycles. The molecule has 0 radical (unpaired) electrons. The first-order valence-electron chi connectivity index (χ1n) is 6.83. The molecule has 1 fully saturated rings. The summed E-state index contributed by atoms with van der Waals surface area (Å²) in [6, 6.07) is 0. The maximum atomic E-state index is 13.0. The van der Waals surface area contributed by atoms with E-state index in [2.05, 4.69) is 16.9 Å². The molecule has 7 heteroatoms. The van der Waals surface area contributed by atoms with Crippen molar-refractivity contribution in [1.29, 1.82) is 0 Å². The van der Waals surface area contributed by atoms with Crippen molar-refractivity contribution in [3.05, 3.63) is 23.3 Å². The molecule has 1 aliphatic rings. The molecule has 0 aliphatic heterocycles. The molecule has 116 valence electrons. The number of hydrogen-bond donors (Lipinski definition) is 1. The molecule has 0 bridgehead atoms. The van der Waals surface area contributed by atoms with Gasteiger partial charge in [-0.05, 0) is 25.2 Å². The molecule has 0 amide bonds. The number of carboxylic acids is 1. The molecule has 5 nitrogen and oxygen atoms in total. The minimum absolute atomic E-state index is 0.150. The van der Waals surface area contributed by atoms with Crippen molar-refractivity contribution in [1.82, 2.24) is 9.97 Å². The largest absolute Gasteiger partial charge is 0.478 e. The minimum atomic E-state index is -2.97. The quantitative estimate of drug-likeness (QED) is 0.924. The summed E-state index contributed by atoms with van der Waals surface area (Å²) in [6.07, 6.45) is 1.20. The Kier molecular flexibility index (Phi) is 4.51. The first-order chi connectivity index (χ1) is 9.89. The van der Waals surface area contributed by atoms with Crippen molar-refractivity contribution >= 4 is 5.97 Å². The van der Waals surface area contributed by atoms with E-state index in [0.717, 1.165) is 19.0 Å². The van der Waals surface area contributed by atoms with Crippen molar-refractivity contribution < 1.29 is 23.4 Å². The molecular weight excluding hydrogens is 282 g/mol. The van der Waals surface area contributed by atoms with Crippen LogP contribution in [0, 0.1) is 5.92 Å². The second-order valence-corrected chi connectivity index (χ2v) is 5.50. The summed E-state index contributed by atoms with van der Waals surface area (Å²) < 4.78 is 31.6. The number of aromatic nitrogens is 2. The van der Waals surface area contributed by atoms with Gasteiger partial charge >= 0.3 is 5.97 Å². The Bertz CT molecular complexity index is 539. The third-order valence-electron chi connectivity index (χ3n) is 4.01. The third-order valence-corrected chi connectivity index (χ3v) is 4.01. The van der Waals surface area contributed by atoms with E-state index >= 15 is 0 Å². The first-order valence-corrected chi connectivity index (χ1v) is 6.83. The molecular formula is C14H18F2N2O3. The molecule has 1 aromatic heterocycles. The zero-order valence-corrected chi connectivity index (χ0v) is 12.0. The summed E-state index contributed by atoms with van der Waals surface area (Å²) in [7, 11) is 1.51. The Morgan fingerprint density at radius 1 is 1.57 bits per heavy atom. The Morgan fingerprint density at radius 2 is 2.29 bits per heavy atom. The summed E-state index contributed by atoms with van der Waals surface area (Å²) in [6.45, 7) is 2.06. The van der Waals surface area contributed by atoms with Gasteiger partial charge in [0.25, 0.3) is 6.43 Å². The molecule has 21 heavy (non-hydrogen) atoms. The summed E-state index contributed by atoms with van der Waals surface area (Å²) >= 11 is 0. The van der Waals surface area contributed by atoms with E-state index in [1.54, 1.807) is 0 Å². The highest BCUT2D eigenvalue weighted by Gasteiger charge is 2.40. The number of methoxy groups -OCH3 is 1. The zero-order valence-electron chi connectivity index (χ0n) is 12.0. The van der Waals surface area contributed by atoms with Gasteiger partial charge in [0.15, 0.2) is 5.82 Å². The van der Waals surface area contributed by atoms with Gasteiger partial charge in [-0.15, -0.1) is 0 Å². The summed E-state index contributed by atoms with van der Waals surface area (Å²) in [5, 5.41) is 8.93. The van der Waals surface area contributed by atoms with Gasteiger partial charge in [0, 0.05) is 13.3 Å². The van der Waals surface area contributed by atoms with Crippen molar-refractivity contribution in [3.63, 3.8) is 0 Å². The molecule has 0 spiro atoms. The van der Waals surface area contributed by atoms with Gasteiger partial charge in [0.1, 0.15) is 16.9 Å². The van der Waals surface area contributed by atoms with Crippen LogP contribution in [0.25, 0.3) is 0 Å². The van der Waals surface area contributed by atoms with E-state index in [4.69, 9.17) is 9.84 Å². The van der Waals surface area contributed by atoms with Gasteiger partial charge in [-0.1, -0.05) is 13.3 Å². The fourth-order valence-electron chi connectivity index (χ4n) is 2.93. The molecule has 2 unspecified atom stereocenters. The van der Waals surface area contributed by atoms with Gasteiger partial charge in [0.2, 0.25) is 0 Å². The fraction of sp³-hybridized carbons (Fsp3) is 0.643. The number of carboxylic acid groups (broad SMARTS) is 1. The van der Waals surface area contributed by atoms with E-state index in [1.165, 1.54) is 7.11 Å². The first kappa shape index (κ1) is 15.8. The highest BCUT2D eigenvalue weighted by Crippen LogP contribution is 2.41. The Balaban J connectivity index is 2.47. The summed E-state index contributed by atoms with van der Waals surface area (Å²) in [5.41, 5.74) is -2.12. The van der Waals surface area contributed by atoms with E-state index in [1.807, 2.05) is 0 Å².